The highest BCUT2D eigenvalue weighted by atomic mass is 35.5. The van der Waals surface area contributed by atoms with Crippen molar-refractivity contribution in [3.05, 3.63) is 46.2 Å². The van der Waals surface area contributed by atoms with E-state index in [1.165, 1.54) is 25.1 Å². The lowest BCUT2D eigenvalue weighted by Gasteiger charge is -2.15. The van der Waals surface area contributed by atoms with Crippen molar-refractivity contribution >= 4 is 29.1 Å². The van der Waals surface area contributed by atoms with E-state index in [2.05, 4.69) is 10.1 Å². The summed E-state index contributed by atoms with van der Waals surface area (Å²) in [4.78, 5) is 23.9. The third-order valence-electron chi connectivity index (χ3n) is 2.88. The van der Waals surface area contributed by atoms with Crippen LogP contribution >= 0.6 is 11.6 Å². The van der Waals surface area contributed by atoms with Gasteiger partial charge in [-0.15, -0.1) is 0 Å². The summed E-state index contributed by atoms with van der Waals surface area (Å²) in [5.41, 5.74) is 2.27. The molecule has 0 aliphatic rings. The predicted octanol–water partition coefficient (Wildman–Crippen LogP) is 2.43. The number of benzene rings is 1. The third kappa shape index (κ3) is 5.49. The van der Waals surface area contributed by atoms with Crippen LogP contribution in [0.5, 0.6) is 0 Å². The molecule has 1 aromatic rings. The molecule has 0 spiro atoms. The molecule has 0 bridgehead atoms. The highest BCUT2D eigenvalue weighted by Crippen LogP contribution is 2.23. The first-order chi connectivity index (χ1) is 11.6. The number of alkyl halides is 3. The van der Waals surface area contributed by atoms with Gasteiger partial charge in [-0.1, -0.05) is 23.7 Å². The van der Waals surface area contributed by atoms with Gasteiger partial charge in [0, 0.05) is 12.1 Å². The molecule has 0 heterocycles. The molecule has 25 heavy (non-hydrogen) atoms. The van der Waals surface area contributed by atoms with Crippen LogP contribution in [0.25, 0.3) is 0 Å². The molecule has 0 amide bonds. The Kier molecular flexibility index (Phi) is 6.98. The highest BCUT2D eigenvalue weighted by Gasteiger charge is 2.41. The van der Waals surface area contributed by atoms with E-state index in [0.717, 1.165) is 0 Å². The Morgan fingerprint density at radius 1 is 1.32 bits per heavy atom. The van der Waals surface area contributed by atoms with E-state index in [1.807, 2.05) is 0 Å². The molecule has 0 aromatic heterocycles. The number of rotatable bonds is 7. The molecule has 10 heteroatoms. The first-order valence-electron chi connectivity index (χ1n) is 6.94. The molecule has 4 N–H and O–H groups in total. The molecule has 0 aliphatic heterocycles. The number of hydrogen-bond acceptors (Lipinski definition) is 6. The van der Waals surface area contributed by atoms with Crippen molar-refractivity contribution in [3.8, 4) is 0 Å². The van der Waals surface area contributed by atoms with Crippen LogP contribution in [0.15, 0.2) is 35.7 Å². The summed E-state index contributed by atoms with van der Waals surface area (Å²) < 4.78 is 42.8. The van der Waals surface area contributed by atoms with Gasteiger partial charge in [-0.3, -0.25) is 10.2 Å². The molecule has 6 nitrogen and oxygen atoms in total. The van der Waals surface area contributed by atoms with Crippen LogP contribution in [0.2, 0.25) is 5.02 Å². The van der Waals surface area contributed by atoms with Crippen LogP contribution in [0.1, 0.15) is 17.3 Å². The number of nitrogens with two attached hydrogens (primary N) is 1. The van der Waals surface area contributed by atoms with Gasteiger partial charge < -0.3 is 15.8 Å². The number of carbonyl (C=O) groups is 2. The van der Waals surface area contributed by atoms with Crippen LogP contribution < -0.4 is 11.1 Å². The normalized spacial score (nSPS) is 12.2. The van der Waals surface area contributed by atoms with Crippen molar-refractivity contribution in [1.29, 1.82) is 5.41 Å². The van der Waals surface area contributed by atoms with Crippen LogP contribution in [0.3, 0.4) is 0 Å². The van der Waals surface area contributed by atoms with E-state index >= 15 is 0 Å². The quantitative estimate of drug-likeness (QED) is 0.293. The number of esters is 1. The summed E-state index contributed by atoms with van der Waals surface area (Å²) >= 11 is 5.82. The molecule has 0 fully saturated rings. The third-order valence-corrected chi connectivity index (χ3v) is 3.21. The van der Waals surface area contributed by atoms with E-state index in [-0.39, 0.29) is 17.1 Å². The first kappa shape index (κ1) is 20.5. The average molecular weight is 378 g/mol. The molecular formula is C15H15ClF3N3O3. The van der Waals surface area contributed by atoms with E-state index in [9.17, 15) is 22.8 Å². The minimum Gasteiger partial charge on any atom is -0.454 e. The van der Waals surface area contributed by atoms with Crippen LogP contribution in [-0.2, 0) is 9.53 Å². The topological polar surface area (TPSA) is 105 Å². The SMILES string of the molecule is CCN/C(N)=C(\C(=N)C(F)(F)F)C(=O)OCC(=O)c1ccccc1Cl. The second kappa shape index (κ2) is 8.52. The Morgan fingerprint density at radius 2 is 1.92 bits per heavy atom. The molecule has 0 saturated carbocycles. The fourth-order valence-corrected chi connectivity index (χ4v) is 1.98. The summed E-state index contributed by atoms with van der Waals surface area (Å²) in [5.74, 6) is -2.92. The summed E-state index contributed by atoms with van der Waals surface area (Å²) in [6, 6.07) is 5.91. The smallest absolute Gasteiger partial charge is 0.433 e. The van der Waals surface area contributed by atoms with Crippen molar-refractivity contribution in [3.63, 3.8) is 0 Å². The molecule has 1 aromatic carbocycles. The zero-order chi connectivity index (χ0) is 19.2. The van der Waals surface area contributed by atoms with E-state index in [0.29, 0.717) is 0 Å². The maximum absolute atomic E-state index is 12.7. The molecule has 0 atom stereocenters. The van der Waals surface area contributed by atoms with Crippen molar-refractivity contribution in [2.24, 2.45) is 5.73 Å². The maximum Gasteiger partial charge on any atom is 0.433 e. The minimum absolute atomic E-state index is 0.0491. The van der Waals surface area contributed by atoms with Gasteiger partial charge in [-0.25, -0.2) is 4.79 Å². The van der Waals surface area contributed by atoms with Gasteiger partial charge in [0.1, 0.15) is 11.4 Å². The Bertz CT molecular complexity index is 717. The van der Waals surface area contributed by atoms with Crippen LogP contribution in [0.4, 0.5) is 13.2 Å². The van der Waals surface area contributed by atoms with Gasteiger partial charge in [0.2, 0.25) is 5.78 Å². The molecule has 1 rings (SSSR count). The fourth-order valence-electron chi connectivity index (χ4n) is 1.74. The summed E-state index contributed by atoms with van der Waals surface area (Å²) in [6.07, 6.45) is -5.11. The highest BCUT2D eigenvalue weighted by molar-refractivity contribution is 6.34. The largest absolute Gasteiger partial charge is 0.454 e. The summed E-state index contributed by atoms with van der Waals surface area (Å²) in [6.45, 7) is 0.802. The van der Waals surface area contributed by atoms with Gasteiger partial charge >= 0.3 is 12.1 Å². The zero-order valence-electron chi connectivity index (χ0n) is 13.0. The Morgan fingerprint density at radius 3 is 2.44 bits per heavy atom. The van der Waals surface area contributed by atoms with Crippen molar-refractivity contribution < 1.29 is 27.5 Å². The minimum atomic E-state index is -5.11. The van der Waals surface area contributed by atoms with Gasteiger partial charge in [-0.2, -0.15) is 13.2 Å². The van der Waals surface area contributed by atoms with E-state index < -0.39 is 41.6 Å². The Labute approximate surface area is 146 Å². The van der Waals surface area contributed by atoms with Crippen molar-refractivity contribution in [2.45, 2.75) is 13.1 Å². The number of carbonyl (C=O) groups excluding carboxylic acids is 2. The lowest BCUT2D eigenvalue weighted by molar-refractivity contribution is -0.138. The fraction of sp³-hybridized carbons (Fsp3) is 0.267. The van der Waals surface area contributed by atoms with E-state index in [1.54, 1.807) is 6.07 Å². The number of nitrogens with one attached hydrogen (secondary N) is 2. The second-order valence-electron chi connectivity index (χ2n) is 4.67. The van der Waals surface area contributed by atoms with Gasteiger partial charge in [0.05, 0.1) is 5.02 Å². The first-order valence-corrected chi connectivity index (χ1v) is 7.32. The van der Waals surface area contributed by atoms with Crippen LogP contribution in [-0.4, -0.2) is 36.8 Å². The molecule has 0 saturated heterocycles. The number of halogens is 4. The molecule has 0 aliphatic carbocycles. The predicted molar refractivity (Wildman–Crippen MR) is 85.4 cm³/mol. The molecule has 0 radical (unpaired) electrons. The summed E-state index contributed by atoms with van der Waals surface area (Å²) in [5, 5.41) is 9.53. The van der Waals surface area contributed by atoms with Gasteiger partial charge in [0.15, 0.2) is 12.3 Å². The van der Waals surface area contributed by atoms with Gasteiger partial charge in [-0.05, 0) is 19.1 Å². The molecule has 0 unspecified atom stereocenters. The number of ether oxygens (including phenoxy) is 1. The number of ketones is 1. The lowest BCUT2D eigenvalue weighted by Crippen LogP contribution is -2.35. The van der Waals surface area contributed by atoms with E-state index in [4.69, 9.17) is 22.7 Å². The second-order valence-corrected chi connectivity index (χ2v) is 5.08. The maximum atomic E-state index is 12.7. The monoisotopic (exact) mass is 377 g/mol. The average Bonchev–Trinajstić information content (AvgIpc) is 2.52. The molecule has 136 valence electrons. The number of hydrogen-bond donors (Lipinski definition) is 3. The zero-order valence-corrected chi connectivity index (χ0v) is 13.8. The van der Waals surface area contributed by atoms with Gasteiger partial charge in [0.25, 0.3) is 0 Å². The lowest BCUT2D eigenvalue weighted by atomic mass is 10.1. The van der Waals surface area contributed by atoms with Crippen molar-refractivity contribution in [1.82, 2.24) is 5.32 Å². The Balaban J connectivity index is 2.97. The summed E-state index contributed by atoms with van der Waals surface area (Å²) in [7, 11) is 0. The standard InChI is InChI=1S/C15H15ClF3N3O3/c1-2-22-13(21)11(12(20)15(17,18)19)14(24)25-7-10(23)8-5-3-4-6-9(8)16/h3-6,20,22H,2,7,21H2,1H3/b13-11+,20-12?. The van der Waals surface area contributed by atoms with Crippen LogP contribution in [0, 0.1) is 5.41 Å². The van der Waals surface area contributed by atoms with Crippen molar-refractivity contribution in [2.75, 3.05) is 13.2 Å². The Hall–Kier alpha value is -2.55. The number of Topliss-reactive ketones (excluding diaryl/α,β-unsaturated/α-hetero) is 1. The molecular weight excluding hydrogens is 363 g/mol.